The molecule has 0 aromatic carbocycles. The van der Waals surface area contributed by atoms with Gasteiger partial charge in [0.2, 0.25) is 0 Å². The fourth-order valence-electron chi connectivity index (χ4n) is 4.41. The molecule has 2 fully saturated rings. The monoisotopic (exact) mass is 374 g/mol. The van der Waals surface area contributed by atoms with E-state index in [2.05, 4.69) is 15.0 Å². The summed E-state index contributed by atoms with van der Waals surface area (Å²) in [5, 5.41) is 1.92. The largest absolute Gasteiger partial charge is 0.469 e. The Morgan fingerprint density at radius 2 is 2.27 bits per heavy atom. The number of hydrogen-bond donors (Lipinski definition) is 1. The molecule has 8 nitrogen and oxygen atoms in total. The number of ether oxygens (including phenoxy) is 1. The summed E-state index contributed by atoms with van der Waals surface area (Å²) in [5.74, 6) is -0.567. The molecule has 0 radical (unpaired) electrons. The highest BCUT2D eigenvalue weighted by Crippen LogP contribution is 2.52. The van der Waals surface area contributed by atoms with Crippen LogP contribution in [0.2, 0.25) is 0 Å². The van der Waals surface area contributed by atoms with Crippen LogP contribution in [0.3, 0.4) is 0 Å². The molecule has 1 amide bonds. The molecule has 2 aliphatic rings. The van der Waals surface area contributed by atoms with E-state index in [0.29, 0.717) is 12.8 Å². The molecule has 2 aliphatic heterocycles. The zero-order valence-corrected chi connectivity index (χ0v) is 15.0. The van der Waals surface area contributed by atoms with E-state index in [-0.39, 0.29) is 35.2 Å². The van der Waals surface area contributed by atoms with E-state index in [1.165, 1.54) is 24.6 Å². The smallest absolute Gasteiger partial charge is 0.314 e. The minimum Gasteiger partial charge on any atom is -0.469 e. The number of carbonyl (C=O) groups is 2. The topological polar surface area (TPSA) is 105 Å². The van der Waals surface area contributed by atoms with Crippen LogP contribution in [0.4, 0.5) is 0 Å². The number of esters is 1. The predicted molar refractivity (Wildman–Crippen MR) is 92.7 cm³/mol. The lowest BCUT2D eigenvalue weighted by molar-refractivity contribution is -0.154. The van der Waals surface area contributed by atoms with Crippen molar-refractivity contribution >= 4 is 23.2 Å². The number of H-pyrrole nitrogens is 1. The first kappa shape index (κ1) is 16.9. The van der Waals surface area contributed by atoms with E-state index in [1.807, 2.05) is 5.38 Å². The van der Waals surface area contributed by atoms with Gasteiger partial charge in [-0.25, -0.2) is 9.97 Å². The molecule has 26 heavy (non-hydrogen) atoms. The summed E-state index contributed by atoms with van der Waals surface area (Å²) in [6.07, 6.45) is 5.00. The van der Waals surface area contributed by atoms with Crippen molar-refractivity contribution in [2.45, 2.75) is 37.8 Å². The Kier molecular flexibility index (Phi) is 4.10. The van der Waals surface area contributed by atoms with Crippen LogP contribution in [0.5, 0.6) is 0 Å². The Morgan fingerprint density at radius 1 is 1.42 bits per heavy atom. The summed E-state index contributed by atoms with van der Waals surface area (Å²) in [7, 11) is 1.38. The number of thiazole rings is 1. The Bertz CT molecular complexity index is 876. The van der Waals surface area contributed by atoms with Crippen LogP contribution in [0, 0.1) is 5.41 Å². The minimum atomic E-state index is -0.788. The third-order valence-electron chi connectivity index (χ3n) is 5.44. The first-order chi connectivity index (χ1) is 12.5. The molecule has 9 heteroatoms. The maximum Gasteiger partial charge on any atom is 0.314 e. The number of nitrogens with one attached hydrogen (secondary N) is 1. The van der Waals surface area contributed by atoms with Crippen molar-refractivity contribution in [2.75, 3.05) is 7.11 Å². The second-order valence-electron chi connectivity index (χ2n) is 6.76. The van der Waals surface area contributed by atoms with Gasteiger partial charge in [0.1, 0.15) is 5.69 Å². The van der Waals surface area contributed by atoms with Gasteiger partial charge in [0.05, 0.1) is 29.9 Å². The Morgan fingerprint density at radius 3 is 2.92 bits per heavy atom. The van der Waals surface area contributed by atoms with Crippen LogP contribution in [0.25, 0.3) is 0 Å². The van der Waals surface area contributed by atoms with Gasteiger partial charge in [-0.2, -0.15) is 0 Å². The number of carbonyl (C=O) groups excluding carboxylic acids is 2. The molecule has 4 heterocycles. The highest BCUT2D eigenvalue weighted by Gasteiger charge is 2.62. The maximum absolute atomic E-state index is 13.0. The Labute approximate surface area is 153 Å². The lowest BCUT2D eigenvalue weighted by Crippen LogP contribution is -2.47. The molecule has 2 saturated heterocycles. The molecule has 0 saturated carbocycles. The normalized spacial score (nSPS) is 26.9. The van der Waals surface area contributed by atoms with E-state index in [0.717, 1.165) is 24.7 Å². The SMILES string of the molecule is COC(=O)[C@@]1(Cc2cscn2)C[C@H]2CC[C@@H]1N2C(=O)c1c[nH]c(=O)cn1. The van der Waals surface area contributed by atoms with Crippen LogP contribution in [0.15, 0.2) is 28.1 Å². The van der Waals surface area contributed by atoms with Gasteiger partial charge in [0, 0.05) is 30.1 Å². The van der Waals surface area contributed by atoms with Crippen molar-refractivity contribution in [1.29, 1.82) is 0 Å². The number of amides is 1. The lowest BCUT2D eigenvalue weighted by Gasteiger charge is -2.34. The minimum absolute atomic E-state index is 0.0426. The Hall–Kier alpha value is -2.55. The van der Waals surface area contributed by atoms with E-state index < -0.39 is 5.41 Å². The summed E-state index contributed by atoms with van der Waals surface area (Å²) < 4.78 is 5.12. The van der Waals surface area contributed by atoms with Crippen molar-refractivity contribution in [3.63, 3.8) is 0 Å². The number of nitrogens with zero attached hydrogens (tertiary/aromatic N) is 3. The van der Waals surface area contributed by atoms with Crippen LogP contribution >= 0.6 is 11.3 Å². The molecule has 2 aromatic heterocycles. The maximum atomic E-state index is 13.0. The van der Waals surface area contributed by atoms with Crippen LogP contribution in [0.1, 0.15) is 35.4 Å². The lowest BCUT2D eigenvalue weighted by atomic mass is 9.71. The molecule has 2 aromatic rings. The number of fused-ring (bicyclic) bond motifs is 2. The van der Waals surface area contributed by atoms with Crippen molar-refractivity contribution in [3.8, 4) is 0 Å². The highest BCUT2D eigenvalue weighted by atomic mass is 32.1. The van der Waals surface area contributed by atoms with Gasteiger partial charge in [0.15, 0.2) is 0 Å². The number of aromatic amines is 1. The van der Waals surface area contributed by atoms with Gasteiger partial charge in [0.25, 0.3) is 11.5 Å². The zero-order valence-electron chi connectivity index (χ0n) is 14.2. The van der Waals surface area contributed by atoms with E-state index in [4.69, 9.17) is 4.74 Å². The molecule has 4 rings (SSSR count). The summed E-state index contributed by atoms with van der Waals surface area (Å²) in [6, 6.07) is -0.304. The fourth-order valence-corrected chi connectivity index (χ4v) is 4.97. The molecule has 3 atom stereocenters. The van der Waals surface area contributed by atoms with Crippen molar-refractivity contribution in [3.05, 3.63) is 45.0 Å². The van der Waals surface area contributed by atoms with Gasteiger partial charge in [-0.3, -0.25) is 14.4 Å². The Balaban J connectivity index is 1.68. The molecule has 0 unspecified atom stereocenters. The predicted octanol–water partition coefficient (Wildman–Crippen LogP) is 1.01. The average molecular weight is 374 g/mol. The summed E-state index contributed by atoms with van der Waals surface area (Å²) in [5.41, 5.74) is 1.60. The quantitative estimate of drug-likeness (QED) is 0.801. The van der Waals surface area contributed by atoms with Crippen LogP contribution in [-0.4, -0.2) is 50.9 Å². The van der Waals surface area contributed by atoms with Crippen molar-refractivity contribution < 1.29 is 14.3 Å². The van der Waals surface area contributed by atoms with Crippen molar-refractivity contribution in [2.24, 2.45) is 5.41 Å². The standard InChI is InChI=1S/C17H18N4O4S/c1-25-16(24)17(4-10-8-26-9-20-10)5-11-2-3-13(17)21(11)15(23)12-6-19-14(22)7-18-12/h6-9,11,13H,2-5H2,1H3,(H,19,22)/t11-,13+,17+/m1/s1. The molecule has 136 valence electrons. The molecule has 1 N–H and O–H groups in total. The van der Waals surface area contributed by atoms with Gasteiger partial charge < -0.3 is 14.6 Å². The first-order valence-electron chi connectivity index (χ1n) is 8.38. The third kappa shape index (κ3) is 2.54. The first-order valence-corrected chi connectivity index (χ1v) is 9.32. The summed E-state index contributed by atoms with van der Waals surface area (Å²) >= 11 is 1.48. The van der Waals surface area contributed by atoms with Crippen LogP contribution < -0.4 is 5.56 Å². The number of methoxy groups -OCH3 is 1. The van der Waals surface area contributed by atoms with E-state index in [9.17, 15) is 14.4 Å². The third-order valence-corrected chi connectivity index (χ3v) is 6.07. The van der Waals surface area contributed by atoms with Crippen LogP contribution in [-0.2, 0) is 16.0 Å². The number of aromatic nitrogens is 3. The highest BCUT2D eigenvalue weighted by molar-refractivity contribution is 7.07. The number of rotatable bonds is 4. The molecular weight excluding hydrogens is 356 g/mol. The molecule has 2 bridgehead atoms. The second-order valence-corrected chi connectivity index (χ2v) is 7.48. The molecule has 0 spiro atoms. The van der Waals surface area contributed by atoms with E-state index >= 15 is 0 Å². The summed E-state index contributed by atoms with van der Waals surface area (Å²) in [4.78, 5) is 49.5. The molecular formula is C17H18N4O4S. The van der Waals surface area contributed by atoms with Gasteiger partial charge in [-0.15, -0.1) is 11.3 Å². The average Bonchev–Trinajstić information content (AvgIpc) is 3.37. The van der Waals surface area contributed by atoms with Gasteiger partial charge in [-0.05, 0) is 19.3 Å². The van der Waals surface area contributed by atoms with E-state index in [1.54, 1.807) is 10.4 Å². The molecule has 0 aliphatic carbocycles. The zero-order chi connectivity index (χ0) is 18.3. The second kappa shape index (κ2) is 6.31. The fraction of sp³-hybridized carbons (Fsp3) is 0.471. The van der Waals surface area contributed by atoms with Gasteiger partial charge in [-0.1, -0.05) is 0 Å². The van der Waals surface area contributed by atoms with Gasteiger partial charge >= 0.3 is 5.97 Å². The van der Waals surface area contributed by atoms with Crippen molar-refractivity contribution in [1.82, 2.24) is 19.9 Å². The summed E-state index contributed by atoms with van der Waals surface area (Å²) in [6.45, 7) is 0. The number of hydrogen-bond acceptors (Lipinski definition) is 7.